The highest BCUT2D eigenvalue weighted by molar-refractivity contribution is 8.16. The number of rotatable bonds is 10. The van der Waals surface area contributed by atoms with Crippen LogP contribution in [-0.2, 0) is 4.79 Å². The van der Waals surface area contributed by atoms with Crippen LogP contribution in [0.4, 0.5) is 4.39 Å². The monoisotopic (exact) mass is 459 g/mol. The van der Waals surface area contributed by atoms with Gasteiger partial charge in [0.25, 0.3) is 5.56 Å². The van der Waals surface area contributed by atoms with Gasteiger partial charge in [-0.3, -0.25) is 14.2 Å². The number of nitrogens with zero attached hydrogens (tertiary/aromatic N) is 3. The fourth-order valence-electron chi connectivity index (χ4n) is 3.24. The lowest BCUT2D eigenvalue weighted by molar-refractivity contribution is -0.128. The van der Waals surface area contributed by atoms with E-state index in [0.717, 1.165) is 25.9 Å². The van der Waals surface area contributed by atoms with Crippen molar-refractivity contribution in [3.05, 3.63) is 64.7 Å². The summed E-state index contributed by atoms with van der Waals surface area (Å²) >= 11 is 2.92. The quantitative estimate of drug-likeness (QED) is 0.186. The molecule has 8 heteroatoms. The zero-order chi connectivity index (χ0) is 22.2. The Morgan fingerprint density at radius 1 is 1.06 bits per heavy atom. The Morgan fingerprint density at radius 3 is 2.42 bits per heavy atom. The van der Waals surface area contributed by atoms with Crippen molar-refractivity contribution in [3.8, 4) is 5.69 Å². The number of amides is 1. The number of thioether (sulfide) groups is 2. The number of benzene rings is 2. The second kappa shape index (κ2) is 11.3. The van der Waals surface area contributed by atoms with Crippen LogP contribution in [0.25, 0.3) is 16.6 Å². The van der Waals surface area contributed by atoms with Gasteiger partial charge in [-0.25, -0.2) is 9.37 Å². The van der Waals surface area contributed by atoms with Gasteiger partial charge in [-0.1, -0.05) is 37.7 Å². The van der Waals surface area contributed by atoms with Gasteiger partial charge < -0.3 is 4.90 Å². The van der Waals surface area contributed by atoms with Gasteiger partial charge in [0.1, 0.15) is 5.82 Å². The number of carbonyl (C=O) groups excluding carboxylic acids is 1. The van der Waals surface area contributed by atoms with Gasteiger partial charge in [0.15, 0.2) is 5.16 Å². The van der Waals surface area contributed by atoms with E-state index in [-0.39, 0.29) is 17.3 Å². The number of halogens is 1. The molecule has 5 nitrogen and oxygen atoms in total. The fraction of sp³-hybridized carbons (Fsp3) is 0.348. The van der Waals surface area contributed by atoms with Gasteiger partial charge >= 0.3 is 0 Å². The summed E-state index contributed by atoms with van der Waals surface area (Å²) in [5.41, 5.74) is 0.981. The third-order valence-corrected chi connectivity index (χ3v) is 6.79. The third-order valence-electron chi connectivity index (χ3n) is 4.67. The molecule has 0 bridgehead atoms. The van der Waals surface area contributed by atoms with Crippen molar-refractivity contribution in [3.63, 3.8) is 0 Å². The Kier molecular flexibility index (Phi) is 8.54. The topological polar surface area (TPSA) is 55.2 Å². The minimum Gasteiger partial charge on any atom is -0.342 e. The van der Waals surface area contributed by atoms with E-state index in [9.17, 15) is 14.0 Å². The van der Waals surface area contributed by atoms with E-state index in [1.807, 2.05) is 11.0 Å². The zero-order valence-electron chi connectivity index (χ0n) is 17.7. The average Bonchev–Trinajstić information content (AvgIpc) is 2.77. The molecule has 0 spiro atoms. The molecule has 1 aromatic heterocycles. The van der Waals surface area contributed by atoms with Crippen LogP contribution in [0.3, 0.4) is 0 Å². The summed E-state index contributed by atoms with van der Waals surface area (Å²) in [5, 5.41) is 1.60. The van der Waals surface area contributed by atoms with E-state index in [4.69, 9.17) is 0 Å². The number of hydrogen-bond donors (Lipinski definition) is 0. The van der Waals surface area contributed by atoms with Crippen molar-refractivity contribution in [1.82, 2.24) is 14.5 Å². The summed E-state index contributed by atoms with van der Waals surface area (Å²) in [6.45, 7) is 5.69. The highest BCUT2D eigenvalue weighted by atomic mass is 32.2. The summed E-state index contributed by atoms with van der Waals surface area (Å²) in [6.07, 6.45) is 1.88. The molecule has 0 saturated heterocycles. The van der Waals surface area contributed by atoms with Crippen LogP contribution in [-0.4, -0.2) is 44.3 Å². The first-order valence-corrected chi connectivity index (χ1v) is 12.4. The van der Waals surface area contributed by atoms with Gasteiger partial charge in [0.05, 0.1) is 22.3 Å². The van der Waals surface area contributed by atoms with Gasteiger partial charge in [-0.2, -0.15) is 0 Å². The zero-order valence-corrected chi connectivity index (χ0v) is 19.3. The molecule has 1 amide bonds. The predicted octanol–water partition coefficient (Wildman–Crippen LogP) is 4.96. The molecule has 31 heavy (non-hydrogen) atoms. The minimum absolute atomic E-state index is 0.136. The van der Waals surface area contributed by atoms with Gasteiger partial charge in [0, 0.05) is 18.2 Å². The van der Waals surface area contributed by atoms with Crippen LogP contribution in [0.1, 0.15) is 26.7 Å². The lowest BCUT2D eigenvalue weighted by atomic mass is 10.2. The lowest BCUT2D eigenvalue weighted by Gasteiger charge is -2.21. The predicted molar refractivity (Wildman–Crippen MR) is 128 cm³/mol. The summed E-state index contributed by atoms with van der Waals surface area (Å²) < 4.78 is 14.9. The molecule has 0 aliphatic heterocycles. The van der Waals surface area contributed by atoms with Crippen LogP contribution in [0.2, 0.25) is 0 Å². The van der Waals surface area contributed by atoms with E-state index in [1.165, 1.54) is 40.2 Å². The summed E-state index contributed by atoms with van der Waals surface area (Å²) in [4.78, 5) is 32.2. The number of carbonyl (C=O) groups is 1. The van der Waals surface area contributed by atoms with Gasteiger partial charge in [0.2, 0.25) is 5.91 Å². The normalized spacial score (nSPS) is 11.1. The minimum atomic E-state index is -0.363. The molecule has 0 aliphatic carbocycles. The van der Waals surface area contributed by atoms with E-state index in [2.05, 4.69) is 18.8 Å². The highest BCUT2D eigenvalue weighted by Crippen LogP contribution is 2.25. The molecule has 0 unspecified atom stereocenters. The standard InChI is InChI=1S/C23H26FN3O2S2/c1-3-13-26(14-4-2)21(28)15-30-16-31-23-25-20-8-6-5-7-19(20)22(29)27(23)18-11-9-17(24)10-12-18/h5-12H,3-4,13-16H2,1-2H3. The Morgan fingerprint density at radius 2 is 1.74 bits per heavy atom. The molecule has 0 radical (unpaired) electrons. The van der Waals surface area contributed by atoms with Crippen LogP contribution >= 0.6 is 23.5 Å². The SMILES string of the molecule is CCCN(CCC)C(=O)CSCSc1nc2ccccc2c(=O)n1-c1ccc(F)cc1. The summed E-state index contributed by atoms with van der Waals surface area (Å²) in [7, 11) is 0. The maximum absolute atomic E-state index is 13.4. The summed E-state index contributed by atoms with van der Waals surface area (Å²) in [6, 6.07) is 13.0. The molecule has 1 heterocycles. The second-order valence-corrected chi connectivity index (χ2v) is 9.31. The van der Waals surface area contributed by atoms with E-state index >= 15 is 0 Å². The molecule has 3 aromatic rings. The van der Waals surface area contributed by atoms with Crippen LogP contribution in [0.5, 0.6) is 0 Å². The maximum atomic E-state index is 13.4. The first-order chi connectivity index (χ1) is 15.0. The molecular formula is C23H26FN3O2S2. The average molecular weight is 460 g/mol. The van der Waals surface area contributed by atoms with Crippen LogP contribution in [0, 0.1) is 5.82 Å². The van der Waals surface area contributed by atoms with Crippen molar-refractivity contribution in [2.75, 3.05) is 23.9 Å². The molecule has 0 N–H and O–H groups in total. The third kappa shape index (κ3) is 5.89. The van der Waals surface area contributed by atoms with E-state index in [0.29, 0.717) is 32.6 Å². The number of aromatic nitrogens is 2. The highest BCUT2D eigenvalue weighted by Gasteiger charge is 2.15. The molecule has 164 valence electrons. The first-order valence-electron chi connectivity index (χ1n) is 10.3. The van der Waals surface area contributed by atoms with Crippen LogP contribution < -0.4 is 5.56 Å². The van der Waals surface area contributed by atoms with Crippen molar-refractivity contribution in [2.45, 2.75) is 31.8 Å². The van der Waals surface area contributed by atoms with E-state index < -0.39 is 0 Å². The van der Waals surface area contributed by atoms with Crippen molar-refractivity contribution in [2.24, 2.45) is 0 Å². The molecule has 0 atom stereocenters. The number of para-hydroxylation sites is 1. The Balaban J connectivity index is 1.79. The first kappa shape index (κ1) is 23.3. The Bertz CT molecular complexity index is 1080. The smallest absolute Gasteiger partial charge is 0.266 e. The van der Waals surface area contributed by atoms with Gasteiger partial charge in [-0.15, -0.1) is 11.8 Å². The maximum Gasteiger partial charge on any atom is 0.266 e. The van der Waals surface area contributed by atoms with E-state index in [1.54, 1.807) is 30.3 Å². The molecule has 3 rings (SSSR count). The number of hydrogen-bond acceptors (Lipinski definition) is 5. The molecule has 2 aromatic carbocycles. The molecule has 0 aliphatic rings. The van der Waals surface area contributed by atoms with Crippen molar-refractivity contribution < 1.29 is 9.18 Å². The van der Waals surface area contributed by atoms with Gasteiger partial charge in [-0.05, 0) is 49.2 Å². The van der Waals surface area contributed by atoms with Crippen molar-refractivity contribution >= 4 is 40.3 Å². The lowest BCUT2D eigenvalue weighted by Crippen LogP contribution is -2.33. The Hall–Kier alpha value is -2.32. The molecular weight excluding hydrogens is 433 g/mol. The fourth-order valence-corrected chi connectivity index (χ4v) is 5.17. The molecule has 0 saturated carbocycles. The Labute approximate surface area is 190 Å². The van der Waals surface area contributed by atoms with Crippen LogP contribution in [0.15, 0.2) is 58.5 Å². The van der Waals surface area contributed by atoms with Crippen molar-refractivity contribution in [1.29, 1.82) is 0 Å². The number of fused-ring (bicyclic) bond motifs is 1. The summed E-state index contributed by atoms with van der Waals surface area (Å²) in [5.74, 6) is 0.163. The molecule has 0 fully saturated rings. The second-order valence-electron chi connectivity index (χ2n) is 7.02. The largest absolute Gasteiger partial charge is 0.342 e.